The monoisotopic (exact) mass is 259 g/mol. The van der Waals surface area contributed by atoms with Crippen LogP contribution < -0.4 is 4.74 Å². The number of carbonyl (C=O) groups excluding carboxylic acids is 1. The van der Waals surface area contributed by atoms with Gasteiger partial charge in [-0.2, -0.15) is 0 Å². The van der Waals surface area contributed by atoms with E-state index in [0.29, 0.717) is 12.0 Å². The van der Waals surface area contributed by atoms with Crippen LogP contribution in [0.2, 0.25) is 0 Å². The average Bonchev–Trinajstić information content (AvgIpc) is 2.42. The zero-order valence-electron chi connectivity index (χ0n) is 11.8. The number of fused-ring (bicyclic) bond motifs is 4. The number of methoxy groups -OCH3 is 1. The van der Waals surface area contributed by atoms with E-state index in [4.69, 9.17) is 4.74 Å². The van der Waals surface area contributed by atoms with E-state index in [9.17, 15) is 4.79 Å². The van der Waals surface area contributed by atoms with Crippen molar-refractivity contribution in [3.63, 3.8) is 0 Å². The van der Waals surface area contributed by atoms with Gasteiger partial charge in [0.1, 0.15) is 5.75 Å². The first-order chi connectivity index (χ1) is 9.11. The molecule has 0 N–H and O–H groups in total. The van der Waals surface area contributed by atoms with Gasteiger partial charge in [0.15, 0.2) is 0 Å². The minimum absolute atomic E-state index is 0.159. The van der Waals surface area contributed by atoms with Gasteiger partial charge < -0.3 is 9.64 Å². The Bertz CT molecular complexity index is 513. The summed E-state index contributed by atoms with van der Waals surface area (Å²) in [5, 5.41) is 0. The zero-order valence-corrected chi connectivity index (χ0v) is 11.8. The highest BCUT2D eigenvalue weighted by atomic mass is 16.5. The quantitative estimate of drug-likeness (QED) is 0.763. The number of nitrogens with zero attached hydrogens (tertiary/aromatic N) is 1. The smallest absolute Gasteiger partial charge is 0.209 e. The van der Waals surface area contributed by atoms with Gasteiger partial charge in [-0.15, -0.1) is 0 Å². The molecular formula is C16H21NO2. The van der Waals surface area contributed by atoms with E-state index in [0.717, 1.165) is 31.5 Å². The Morgan fingerprint density at radius 1 is 1.47 bits per heavy atom. The molecule has 0 radical (unpaired) electrons. The van der Waals surface area contributed by atoms with E-state index in [2.05, 4.69) is 26.0 Å². The molecule has 1 aliphatic heterocycles. The van der Waals surface area contributed by atoms with Crippen molar-refractivity contribution in [2.24, 2.45) is 5.92 Å². The lowest BCUT2D eigenvalue weighted by Crippen LogP contribution is -2.57. The maximum Gasteiger partial charge on any atom is 0.209 e. The van der Waals surface area contributed by atoms with Crippen molar-refractivity contribution in [2.45, 2.75) is 38.1 Å². The van der Waals surface area contributed by atoms with Crippen molar-refractivity contribution in [3.05, 3.63) is 29.3 Å². The third-order valence-electron chi connectivity index (χ3n) is 5.41. The Labute approximate surface area is 114 Å². The molecule has 1 saturated heterocycles. The molecule has 3 rings (SSSR count). The van der Waals surface area contributed by atoms with Gasteiger partial charge in [-0.25, -0.2) is 0 Å². The molecule has 2 aliphatic rings. The molecule has 0 aromatic heterocycles. The molecule has 3 nitrogen and oxygen atoms in total. The predicted molar refractivity (Wildman–Crippen MR) is 74.4 cm³/mol. The van der Waals surface area contributed by atoms with Crippen molar-refractivity contribution >= 4 is 6.41 Å². The molecule has 1 heterocycles. The van der Waals surface area contributed by atoms with E-state index in [1.807, 2.05) is 11.0 Å². The lowest BCUT2D eigenvalue weighted by Gasteiger charge is -2.53. The number of ether oxygens (including phenoxy) is 1. The second-order valence-electron chi connectivity index (χ2n) is 6.06. The van der Waals surface area contributed by atoms with Crippen LogP contribution >= 0.6 is 0 Å². The molecule has 1 fully saturated rings. The molecule has 1 aliphatic carbocycles. The number of rotatable bonds is 2. The molecule has 3 heteroatoms. The van der Waals surface area contributed by atoms with Gasteiger partial charge in [0.05, 0.1) is 7.11 Å². The first-order valence-electron chi connectivity index (χ1n) is 6.99. The summed E-state index contributed by atoms with van der Waals surface area (Å²) in [5.41, 5.74) is 2.87. The Kier molecular flexibility index (Phi) is 2.80. The van der Waals surface area contributed by atoms with E-state index >= 15 is 0 Å². The first kappa shape index (κ1) is 12.5. The maximum absolute atomic E-state index is 11.3. The summed E-state index contributed by atoms with van der Waals surface area (Å²) in [6, 6.07) is 6.66. The van der Waals surface area contributed by atoms with Crippen LogP contribution in [0.25, 0.3) is 0 Å². The highest BCUT2D eigenvalue weighted by Crippen LogP contribution is 2.50. The fourth-order valence-corrected chi connectivity index (χ4v) is 3.98. The van der Waals surface area contributed by atoms with Crippen molar-refractivity contribution in [3.8, 4) is 5.75 Å². The number of carbonyl (C=O) groups is 1. The number of benzene rings is 1. The zero-order chi connectivity index (χ0) is 13.6. The Hall–Kier alpha value is -1.51. The summed E-state index contributed by atoms with van der Waals surface area (Å²) >= 11 is 0. The first-order valence-corrected chi connectivity index (χ1v) is 6.99. The number of likely N-dealkylation sites (tertiary alicyclic amines) is 1. The molecule has 0 spiro atoms. The number of piperidine rings is 1. The van der Waals surface area contributed by atoms with Gasteiger partial charge in [-0.3, -0.25) is 4.79 Å². The fourth-order valence-electron chi connectivity index (χ4n) is 3.98. The van der Waals surface area contributed by atoms with Crippen molar-refractivity contribution in [1.82, 2.24) is 4.90 Å². The third kappa shape index (κ3) is 1.60. The van der Waals surface area contributed by atoms with E-state index in [1.165, 1.54) is 11.1 Å². The van der Waals surface area contributed by atoms with E-state index < -0.39 is 0 Å². The van der Waals surface area contributed by atoms with Crippen LogP contribution in [0.3, 0.4) is 0 Å². The molecule has 1 unspecified atom stereocenters. The van der Waals surface area contributed by atoms with Gasteiger partial charge in [-0.05, 0) is 41.4 Å². The van der Waals surface area contributed by atoms with Crippen LogP contribution in [0.4, 0.5) is 0 Å². The predicted octanol–water partition coefficient (Wildman–Crippen LogP) is 2.38. The molecule has 1 aromatic carbocycles. The van der Waals surface area contributed by atoms with Crippen LogP contribution in [0.1, 0.15) is 31.4 Å². The van der Waals surface area contributed by atoms with E-state index in [1.54, 1.807) is 7.11 Å². The van der Waals surface area contributed by atoms with Gasteiger partial charge >= 0.3 is 0 Å². The number of hydrogen-bond donors (Lipinski definition) is 0. The summed E-state index contributed by atoms with van der Waals surface area (Å²) in [6.45, 7) is 5.48. The minimum Gasteiger partial charge on any atom is -0.496 e. The maximum atomic E-state index is 11.3. The fraction of sp³-hybridized carbons (Fsp3) is 0.562. The lowest BCUT2D eigenvalue weighted by molar-refractivity contribution is -0.124. The second-order valence-corrected chi connectivity index (χ2v) is 6.06. The van der Waals surface area contributed by atoms with Gasteiger partial charge in [0.2, 0.25) is 6.41 Å². The Morgan fingerprint density at radius 3 is 2.95 bits per heavy atom. The van der Waals surface area contributed by atoms with Gasteiger partial charge in [-0.1, -0.05) is 26.0 Å². The van der Waals surface area contributed by atoms with Crippen molar-refractivity contribution < 1.29 is 9.53 Å². The summed E-state index contributed by atoms with van der Waals surface area (Å²) < 4.78 is 5.52. The summed E-state index contributed by atoms with van der Waals surface area (Å²) in [5.74, 6) is 1.46. The number of hydrogen-bond acceptors (Lipinski definition) is 2. The molecular weight excluding hydrogens is 238 g/mol. The molecule has 102 valence electrons. The second kappa shape index (κ2) is 4.26. The normalized spacial score (nSPS) is 32.7. The summed E-state index contributed by atoms with van der Waals surface area (Å²) in [7, 11) is 1.73. The highest BCUT2D eigenvalue weighted by molar-refractivity contribution is 5.53. The average molecular weight is 259 g/mol. The van der Waals surface area contributed by atoms with Crippen LogP contribution in [-0.2, 0) is 16.6 Å². The topological polar surface area (TPSA) is 29.5 Å². The Balaban J connectivity index is 2.16. The SMILES string of the molecule is COc1cccc2c1C[C@@H]1C(C)[C@@]2(C)CCN1C=O. The standard InChI is InChI=1S/C16H21NO2/c1-11-14-9-12-13(5-4-6-15(12)19-3)16(11,2)7-8-17(14)10-18/h4-6,10-11,14H,7-9H2,1-3H3/t11?,14-,16-/m1/s1. The summed E-state index contributed by atoms with van der Waals surface area (Å²) in [6.07, 6.45) is 2.96. The molecule has 1 amide bonds. The van der Waals surface area contributed by atoms with Crippen molar-refractivity contribution in [1.29, 1.82) is 0 Å². The van der Waals surface area contributed by atoms with Crippen molar-refractivity contribution in [2.75, 3.05) is 13.7 Å². The molecule has 1 aromatic rings. The van der Waals surface area contributed by atoms with Crippen LogP contribution in [0.5, 0.6) is 5.75 Å². The lowest BCUT2D eigenvalue weighted by atomic mass is 9.59. The largest absolute Gasteiger partial charge is 0.496 e. The van der Waals surface area contributed by atoms with Crippen LogP contribution in [0, 0.1) is 5.92 Å². The summed E-state index contributed by atoms with van der Waals surface area (Å²) in [4.78, 5) is 13.2. The molecule has 3 atom stereocenters. The van der Waals surface area contributed by atoms with E-state index in [-0.39, 0.29) is 5.41 Å². The van der Waals surface area contributed by atoms with Gasteiger partial charge in [0.25, 0.3) is 0 Å². The molecule has 2 bridgehead atoms. The molecule has 19 heavy (non-hydrogen) atoms. The molecule has 0 saturated carbocycles. The number of amides is 1. The Morgan fingerprint density at radius 2 is 2.26 bits per heavy atom. The minimum atomic E-state index is 0.159. The van der Waals surface area contributed by atoms with Crippen LogP contribution in [-0.4, -0.2) is 31.0 Å². The third-order valence-corrected chi connectivity index (χ3v) is 5.41. The van der Waals surface area contributed by atoms with Gasteiger partial charge in [0, 0.05) is 12.6 Å². The highest BCUT2D eigenvalue weighted by Gasteiger charge is 2.48. The van der Waals surface area contributed by atoms with Crippen LogP contribution in [0.15, 0.2) is 18.2 Å².